The van der Waals surface area contributed by atoms with Crippen LogP contribution in [0.25, 0.3) is 0 Å². The fourth-order valence-corrected chi connectivity index (χ4v) is 0.651. The van der Waals surface area contributed by atoms with Crippen LogP contribution in [0.4, 0.5) is 5.69 Å². The lowest BCUT2D eigenvalue weighted by molar-refractivity contribution is 0.129. The summed E-state index contributed by atoms with van der Waals surface area (Å²) >= 11 is 0. The van der Waals surface area contributed by atoms with E-state index in [1.807, 2.05) is 30.3 Å². The zero-order chi connectivity index (χ0) is 8.81. The topological polar surface area (TPSA) is 48.2 Å². The van der Waals surface area contributed by atoms with Crippen LogP contribution in [0.15, 0.2) is 40.7 Å². The van der Waals surface area contributed by atoms with E-state index < -0.39 is 0 Å². The van der Waals surface area contributed by atoms with Crippen molar-refractivity contribution in [1.82, 2.24) is 5.01 Å². The zero-order valence-corrected chi connectivity index (χ0v) is 6.88. The largest absolute Gasteiger partial charge is 0.375 e. The molecule has 0 fully saturated rings. The summed E-state index contributed by atoms with van der Waals surface area (Å²) in [5.41, 5.74) is 0.776. The van der Waals surface area contributed by atoms with Gasteiger partial charge in [-0.3, -0.25) is 5.01 Å². The highest BCUT2D eigenvalue weighted by Crippen LogP contribution is 2.09. The summed E-state index contributed by atoms with van der Waals surface area (Å²) in [6, 6.07) is 9.36. The molecule has 0 heterocycles. The second kappa shape index (κ2) is 4.46. The molecule has 1 N–H and O–H groups in total. The molecule has 0 spiro atoms. The van der Waals surface area contributed by atoms with E-state index in [9.17, 15) is 0 Å². The van der Waals surface area contributed by atoms with Crippen molar-refractivity contribution in [1.29, 1.82) is 0 Å². The maximum atomic E-state index is 8.58. The van der Waals surface area contributed by atoms with Gasteiger partial charge in [-0.1, -0.05) is 23.4 Å². The monoisotopic (exact) mass is 165 g/mol. The number of aliphatic hydroxyl groups is 1. The summed E-state index contributed by atoms with van der Waals surface area (Å²) in [5.74, 6) is 0. The highest BCUT2D eigenvalue weighted by Gasteiger charge is 1.87. The SMILES string of the molecule is CN(CO)N=Nc1ccccc1. The van der Waals surface area contributed by atoms with Crippen LogP contribution in [-0.4, -0.2) is 23.9 Å². The molecule has 4 heteroatoms. The Balaban J connectivity index is 2.58. The van der Waals surface area contributed by atoms with E-state index >= 15 is 0 Å². The minimum Gasteiger partial charge on any atom is -0.375 e. The Labute approximate surface area is 71.1 Å². The summed E-state index contributed by atoms with van der Waals surface area (Å²) in [7, 11) is 1.65. The molecule has 1 aromatic rings. The van der Waals surface area contributed by atoms with E-state index in [1.165, 1.54) is 5.01 Å². The first-order chi connectivity index (χ1) is 5.83. The lowest BCUT2D eigenvalue weighted by Crippen LogP contribution is -2.10. The zero-order valence-electron chi connectivity index (χ0n) is 6.88. The van der Waals surface area contributed by atoms with Crippen molar-refractivity contribution >= 4 is 5.69 Å². The molecule has 64 valence electrons. The predicted octanol–water partition coefficient (Wildman–Crippen LogP) is 1.57. The van der Waals surface area contributed by atoms with Gasteiger partial charge in [0.2, 0.25) is 0 Å². The molecule has 0 unspecified atom stereocenters. The van der Waals surface area contributed by atoms with Gasteiger partial charge in [-0.15, -0.1) is 5.11 Å². The third-order valence-corrected chi connectivity index (χ3v) is 1.27. The summed E-state index contributed by atoms with van der Waals surface area (Å²) < 4.78 is 0. The van der Waals surface area contributed by atoms with Crippen molar-refractivity contribution in [2.24, 2.45) is 10.3 Å². The molecule has 1 rings (SSSR count). The summed E-state index contributed by atoms with van der Waals surface area (Å²) in [6.45, 7) is -0.129. The van der Waals surface area contributed by atoms with Gasteiger partial charge in [0.25, 0.3) is 0 Å². The minimum absolute atomic E-state index is 0.129. The number of nitrogens with zero attached hydrogens (tertiary/aromatic N) is 3. The van der Waals surface area contributed by atoms with Gasteiger partial charge < -0.3 is 5.11 Å². The molecule has 0 aliphatic rings. The summed E-state index contributed by atoms with van der Waals surface area (Å²) in [5, 5.41) is 17.5. The van der Waals surface area contributed by atoms with Gasteiger partial charge in [-0.25, -0.2) is 0 Å². The highest BCUT2D eigenvalue weighted by atomic mass is 16.3. The average molecular weight is 165 g/mol. The average Bonchev–Trinajstić information content (AvgIpc) is 2.16. The molecule has 0 saturated carbocycles. The van der Waals surface area contributed by atoms with Crippen LogP contribution < -0.4 is 0 Å². The van der Waals surface area contributed by atoms with Crippen molar-refractivity contribution in [3.05, 3.63) is 30.3 Å². The van der Waals surface area contributed by atoms with Gasteiger partial charge in [0.1, 0.15) is 6.73 Å². The summed E-state index contributed by atoms with van der Waals surface area (Å²) in [6.07, 6.45) is 0. The van der Waals surface area contributed by atoms with E-state index in [0.29, 0.717) is 0 Å². The van der Waals surface area contributed by atoms with E-state index in [1.54, 1.807) is 7.05 Å². The van der Waals surface area contributed by atoms with Crippen LogP contribution in [0.1, 0.15) is 0 Å². The fraction of sp³-hybridized carbons (Fsp3) is 0.250. The van der Waals surface area contributed by atoms with Gasteiger partial charge in [0.15, 0.2) is 0 Å². The van der Waals surface area contributed by atoms with Gasteiger partial charge >= 0.3 is 0 Å². The van der Waals surface area contributed by atoms with Crippen LogP contribution >= 0.6 is 0 Å². The van der Waals surface area contributed by atoms with Crippen molar-refractivity contribution in [2.75, 3.05) is 13.8 Å². The van der Waals surface area contributed by atoms with E-state index in [2.05, 4.69) is 10.3 Å². The number of hydrogen-bond acceptors (Lipinski definition) is 3. The molecule has 0 aliphatic heterocycles. The number of benzene rings is 1. The van der Waals surface area contributed by atoms with E-state index in [0.717, 1.165) is 5.69 Å². The predicted molar refractivity (Wildman–Crippen MR) is 45.8 cm³/mol. The molecule has 12 heavy (non-hydrogen) atoms. The molecule has 0 saturated heterocycles. The van der Waals surface area contributed by atoms with Crippen LogP contribution in [0.5, 0.6) is 0 Å². The number of hydrogen-bond donors (Lipinski definition) is 1. The third kappa shape index (κ3) is 2.67. The van der Waals surface area contributed by atoms with E-state index in [4.69, 9.17) is 5.11 Å². The molecule has 0 amide bonds. The Hall–Kier alpha value is -1.42. The lowest BCUT2D eigenvalue weighted by Gasteiger charge is -2.04. The molecule has 0 aromatic heterocycles. The second-order valence-electron chi connectivity index (χ2n) is 2.32. The summed E-state index contributed by atoms with van der Waals surface area (Å²) in [4.78, 5) is 0. The van der Waals surface area contributed by atoms with Gasteiger partial charge in [0.05, 0.1) is 5.69 Å². The Morgan fingerprint density at radius 2 is 2.00 bits per heavy atom. The molecule has 0 radical (unpaired) electrons. The molecular formula is C8H11N3O. The smallest absolute Gasteiger partial charge is 0.133 e. The second-order valence-corrected chi connectivity index (χ2v) is 2.32. The maximum absolute atomic E-state index is 8.58. The Bertz CT molecular complexity index is 248. The highest BCUT2D eigenvalue weighted by molar-refractivity contribution is 5.34. The van der Waals surface area contributed by atoms with Crippen LogP contribution in [0, 0.1) is 0 Å². The molecule has 0 bridgehead atoms. The van der Waals surface area contributed by atoms with Crippen LogP contribution in [-0.2, 0) is 0 Å². The standard InChI is InChI=1S/C8H11N3O/c1-11(7-12)10-9-8-5-3-2-4-6-8/h2-6,12H,7H2,1H3. The first-order valence-electron chi connectivity index (χ1n) is 3.61. The van der Waals surface area contributed by atoms with Crippen molar-refractivity contribution in [3.8, 4) is 0 Å². The quantitative estimate of drug-likeness (QED) is 0.420. The molecule has 0 atom stereocenters. The molecule has 4 nitrogen and oxygen atoms in total. The molecule has 0 aliphatic carbocycles. The van der Waals surface area contributed by atoms with E-state index in [-0.39, 0.29) is 6.73 Å². The number of aliphatic hydroxyl groups excluding tert-OH is 1. The van der Waals surface area contributed by atoms with Crippen LogP contribution in [0.3, 0.4) is 0 Å². The molecular weight excluding hydrogens is 154 g/mol. The fourth-order valence-electron chi connectivity index (χ4n) is 0.651. The van der Waals surface area contributed by atoms with Crippen molar-refractivity contribution in [2.45, 2.75) is 0 Å². The Morgan fingerprint density at radius 3 is 2.58 bits per heavy atom. The Morgan fingerprint density at radius 1 is 1.33 bits per heavy atom. The van der Waals surface area contributed by atoms with Gasteiger partial charge in [0, 0.05) is 7.05 Å². The first-order valence-corrected chi connectivity index (χ1v) is 3.61. The molecule has 1 aromatic carbocycles. The van der Waals surface area contributed by atoms with Crippen molar-refractivity contribution in [3.63, 3.8) is 0 Å². The minimum atomic E-state index is -0.129. The lowest BCUT2D eigenvalue weighted by atomic mass is 10.3. The third-order valence-electron chi connectivity index (χ3n) is 1.27. The normalized spacial score (nSPS) is 10.5. The van der Waals surface area contributed by atoms with Gasteiger partial charge in [-0.2, -0.15) is 0 Å². The van der Waals surface area contributed by atoms with Crippen molar-refractivity contribution < 1.29 is 5.11 Å². The van der Waals surface area contributed by atoms with Crippen LogP contribution in [0.2, 0.25) is 0 Å². The number of rotatable bonds is 3. The Kier molecular flexibility index (Phi) is 3.22. The van der Waals surface area contributed by atoms with Gasteiger partial charge in [-0.05, 0) is 12.1 Å². The maximum Gasteiger partial charge on any atom is 0.133 e. The first kappa shape index (κ1) is 8.67.